The summed E-state index contributed by atoms with van der Waals surface area (Å²) >= 11 is 0. The van der Waals surface area contributed by atoms with E-state index in [0.29, 0.717) is 11.3 Å². The Hall–Kier alpha value is -2.93. The number of rotatable bonds is 5. The van der Waals surface area contributed by atoms with Gasteiger partial charge in [0.25, 0.3) is 0 Å². The number of methoxy groups -OCH3 is 1. The van der Waals surface area contributed by atoms with E-state index in [0.717, 1.165) is 25.3 Å². The summed E-state index contributed by atoms with van der Waals surface area (Å²) in [4.78, 5) is 28.2. The van der Waals surface area contributed by atoms with Crippen molar-refractivity contribution in [1.29, 1.82) is 0 Å². The van der Waals surface area contributed by atoms with Crippen molar-refractivity contribution >= 4 is 23.3 Å². The van der Waals surface area contributed by atoms with E-state index in [1.165, 1.54) is 19.2 Å². The smallest absolute Gasteiger partial charge is 0.337 e. The maximum absolute atomic E-state index is 13.0. The lowest BCUT2D eigenvalue weighted by Gasteiger charge is -2.40. The van der Waals surface area contributed by atoms with Crippen LogP contribution in [0.15, 0.2) is 48.5 Å². The minimum atomic E-state index is -0.350. The van der Waals surface area contributed by atoms with Gasteiger partial charge < -0.3 is 15.0 Å². The molecule has 0 saturated carbocycles. The summed E-state index contributed by atoms with van der Waals surface area (Å²) in [5, 5.41) is 2.80. The Balaban J connectivity index is 1.53. The van der Waals surface area contributed by atoms with Crippen LogP contribution in [0.1, 0.15) is 17.3 Å². The largest absolute Gasteiger partial charge is 0.465 e. The molecule has 1 saturated heterocycles. The number of hydrogen-bond acceptors (Lipinski definition) is 5. The van der Waals surface area contributed by atoms with Gasteiger partial charge in [0.05, 0.1) is 19.2 Å². The molecular weight excluding hydrogens is 361 g/mol. The zero-order valence-corrected chi connectivity index (χ0v) is 16.0. The SMILES string of the molecule is COC(=O)c1ccc(N2CCN(CC(=O)Nc3ccc(F)cc3)C(C)C2)cc1. The van der Waals surface area contributed by atoms with Crippen LogP contribution in [-0.2, 0) is 9.53 Å². The van der Waals surface area contributed by atoms with Crippen LogP contribution in [-0.4, -0.2) is 56.1 Å². The van der Waals surface area contributed by atoms with E-state index in [2.05, 4.69) is 22.0 Å². The topological polar surface area (TPSA) is 61.9 Å². The maximum Gasteiger partial charge on any atom is 0.337 e. The molecule has 6 nitrogen and oxygen atoms in total. The maximum atomic E-state index is 13.0. The molecule has 1 atom stereocenters. The zero-order chi connectivity index (χ0) is 20.1. The van der Waals surface area contributed by atoms with Crippen molar-refractivity contribution in [1.82, 2.24) is 4.90 Å². The van der Waals surface area contributed by atoms with Gasteiger partial charge in [-0.3, -0.25) is 9.69 Å². The van der Waals surface area contributed by atoms with Gasteiger partial charge in [-0.2, -0.15) is 0 Å². The first-order chi connectivity index (χ1) is 13.5. The van der Waals surface area contributed by atoms with Crippen molar-refractivity contribution in [3.05, 3.63) is 59.9 Å². The Labute approximate surface area is 163 Å². The second-order valence-electron chi connectivity index (χ2n) is 6.86. The lowest BCUT2D eigenvalue weighted by molar-refractivity contribution is -0.117. The lowest BCUT2D eigenvalue weighted by atomic mass is 10.1. The van der Waals surface area contributed by atoms with Crippen molar-refractivity contribution in [2.24, 2.45) is 0 Å². The normalized spacial score (nSPS) is 17.2. The van der Waals surface area contributed by atoms with Crippen molar-refractivity contribution in [3.8, 4) is 0 Å². The van der Waals surface area contributed by atoms with Crippen LogP contribution in [0.3, 0.4) is 0 Å². The summed E-state index contributed by atoms with van der Waals surface area (Å²) in [5.74, 6) is -0.798. The van der Waals surface area contributed by atoms with Gasteiger partial charge in [-0.05, 0) is 55.5 Å². The molecule has 1 N–H and O–H groups in total. The third-order valence-corrected chi connectivity index (χ3v) is 4.89. The number of carbonyl (C=O) groups is 2. The average Bonchev–Trinajstić information content (AvgIpc) is 2.71. The molecule has 0 bridgehead atoms. The van der Waals surface area contributed by atoms with Gasteiger partial charge >= 0.3 is 5.97 Å². The fraction of sp³-hybridized carbons (Fsp3) is 0.333. The Morgan fingerprint density at radius 2 is 1.79 bits per heavy atom. The number of amides is 1. The molecule has 1 aliphatic heterocycles. The number of piperazine rings is 1. The molecule has 0 spiro atoms. The first-order valence-electron chi connectivity index (χ1n) is 9.19. The second-order valence-corrected chi connectivity index (χ2v) is 6.86. The molecule has 28 heavy (non-hydrogen) atoms. The third-order valence-electron chi connectivity index (χ3n) is 4.89. The van der Waals surface area contributed by atoms with E-state index in [1.807, 2.05) is 12.1 Å². The van der Waals surface area contributed by atoms with E-state index in [9.17, 15) is 14.0 Å². The first-order valence-corrected chi connectivity index (χ1v) is 9.19. The fourth-order valence-electron chi connectivity index (χ4n) is 3.31. The summed E-state index contributed by atoms with van der Waals surface area (Å²) < 4.78 is 17.7. The van der Waals surface area contributed by atoms with Gasteiger partial charge in [-0.1, -0.05) is 0 Å². The van der Waals surface area contributed by atoms with E-state index >= 15 is 0 Å². The van der Waals surface area contributed by atoms with Crippen LogP contribution in [0.2, 0.25) is 0 Å². The molecule has 2 aromatic carbocycles. The highest BCUT2D eigenvalue weighted by Crippen LogP contribution is 2.20. The molecule has 1 aliphatic rings. The molecule has 0 radical (unpaired) electrons. The third kappa shape index (κ3) is 4.86. The number of ether oxygens (including phenoxy) is 1. The van der Waals surface area contributed by atoms with Crippen LogP contribution in [0, 0.1) is 5.82 Å². The summed E-state index contributed by atoms with van der Waals surface area (Å²) in [6, 6.07) is 13.3. The Kier molecular flexibility index (Phi) is 6.26. The van der Waals surface area contributed by atoms with Crippen LogP contribution < -0.4 is 10.2 Å². The average molecular weight is 385 g/mol. The number of hydrogen-bond donors (Lipinski definition) is 1. The van der Waals surface area contributed by atoms with E-state index in [4.69, 9.17) is 4.74 Å². The summed E-state index contributed by atoms with van der Waals surface area (Å²) in [5.41, 5.74) is 2.15. The highest BCUT2D eigenvalue weighted by atomic mass is 19.1. The molecular formula is C21H24FN3O3. The quantitative estimate of drug-likeness (QED) is 0.802. The Morgan fingerprint density at radius 3 is 2.39 bits per heavy atom. The Bertz CT molecular complexity index is 824. The molecule has 2 aromatic rings. The zero-order valence-electron chi connectivity index (χ0n) is 16.0. The molecule has 1 unspecified atom stereocenters. The highest BCUT2D eigenvalue weighted by Gasteiger charge is 2.25. The van der Waals surface area contributed by atoms with E-state index in [-0.39, 0.29) is 30.3 Å². The minimum Gasteiger partial charge on any atom is -0.465 e. The number of esters is 1. The van der Waals surface area contributed by atoms with Crippen LogP contribution in [0.4, 0.5) is 15.8 Å². The van der Waals surface area contributed by atoms with Crippen LogP contribution in [0.5, 0.6) is 0 Å². The molecule has 0 aliphatic carbocycles. The number of nitrogens with zero attached hydrogens (tertiary/aromatic N) is 2. The van der Waals surface area contributed by atoms with Gasteiger partial charge in [0.15, 0.2) is 0 Å². The number of nitrogens with one attached hydrogen (secondary N) is 1. The number of benzene rings is 2. The first kappa shape index (κ1) is 19.8. The van der Waals surface area contributed by atoms with Gasteiger partial charge in [-0.25, -0.2) is 9.18 Å². The number of anilines is 2. The van der Waals surface area contributed by atoms with Gasteiger partial charge in [0.1, 0.15) is 5.82 Å². The van der Waals surface area contributed by atoms with Crippen molar-refractivity contribution in [2.75, 3.05) is 43.5 Å². The molecule has 3 rings (SSSR count). The molecule has 0 aromatic heterocycles. The predicted molar refractivity (Wildman–Crippen MR) is 106 cm³/mol. The summed E-state index contributed by atoms with van der Waals surface area (Å²) in [6.45, 7) is 4.68. The van der Waals surface area contributed by atoms with Gasteiger partial charge in [-0.15, -0.1) is 0 Å². The summed E-state index contributed by atoms with van der Waals surface area (Å²) in [7, 11) is 1.36. The number of carbonyl (C=O) groups excluding carboxylic acids is 2. The lowest BCUT2D eigenvalue weighted by Crippen LogP contribution is -2.53. The van der Waals surface area contributed by atoms with Crippen molar-refractivity contribution in [2.45, 2.75) is 13.0 Å². The molecule has 1 fully saturated rings. The molecule has 1 heterocycles. The number of halogens is 1. The van der Waals surface area contributed by atoms with Crippen LogP contribution in [0.25, 0.3) is 0 Å². The molecule has 7 heteroatoms. The van der Waals surface area contributed by atoms with E-state index in [1.54, 1.807) is 24.3 Å². The molecule has 1 amide bonds. The minimum absolute atomic E-state index is 0.116. The fourth-order valence-corrected chi connectivity index (χ4v) is 3.31. The standard InChI is InChI=1S/C21H24FN3O3/c1-15-13-25(19-9-3-16(4-10-19)21(27)28-2)12-11-24(15)14-20(26)23-18-7-5-17(22)6-8-18/h3-10,15H,11-14H2,1-2H3,(H,23,26). The van der Waals surface area contributed by atoms with E-state index < -0.39 is 0 Å². The molecule has 148 valence electrons. The Morgan fingerprint density at radius 1 is 1.11 bits per heavy atom. The van der Waals surface area contributed by atoms with Gasteiger partial charge in [0.2, 0.25) is 5.91 Å². The van der Waals surface area contributed by atoms with Crippen LogP contribution >= 0.6 is 0 Å². The summed E-state index contributed by atoms with van der Waals surface area (Å²) in [6.07, 6.45) is 0. The monoisotopic (exact) mass is 385 g/mol. The predicted octanol–water partition coefficient (Wildman–Crippen LogP) is 2.76. The van der Waals surface area contributed by atoms with Gasteiger partial charge in [0, 0.05) is 37.1 Å². The van der Waals surface area contributed by atoms with Crippen molar-refractivity contribution < 1.29 is 18.7 Å². The highest BCUT2D eigenvalue weighted by molar-refractivity contribution is 5.92. The second kappa shape index (κ2) is 8.84. The van der Waals surface area contributed by atoms with Crippen molar-refractivity contribution in [3.63, 3.8) is 0 Å².